The van der Waals surface area contributed by atoms with Crippen LogP contribution in [-0.4, -0.2) is 40.2 Å². The van der Waals surface area contributed by atoms with Crippen LogP contribution in [0.1, 0.15) is 34.9 Å². The highest BCUT2D eigenvalue weighted by molar-refractivity contribution is 6.03. The molecule has 0 bridgehead atoms. The molecule has 2 heterocycles. The van der Waals surface area contributed by atoms with Crippen molar-refractivity contribution in [3.05, 3.63) is 41.7 Å². The number of hydrogen-bond donors (Lipinski definition) is 2. The molecule has 1 saturated heterocycles. The normalized spacial score (nSPS) is 15.3. The van der Waals surface area contributed by atoms with Gasteiger partial charge >= 0.3 is 6.18 Å². The second-order valence-electron chi connectivity index (χ2n) is 5.97. The SMILES string of the molecule is Cl.O=C(Nc1ccccc1CC(F)(F)F)c1cn(C2CCNCC2)nn1. The van der Waals surface area contributed by atoms with Gasteiger partial charge in [0, 0.05) is 5.69 Å². The minimum Gasteiger partial charge on any atom is -0.320 e. The molecule has 2 aromatic rings. The molecule has 26 heavy (non-hydrogen) atoms. The predicted octanol–water partition coefficient (Wildman–Crippen LogP) is 2.98. The molecule has 0 aliphatic carbocycles. The average Bonchev–Trinajstić information content (AvgIpc) is 3.06. The van der Waals surface area contributed by atoms with Crippen LogP contribution in [0.3, 0.4) is 0 Å². The molecule has 1 aromatic heterocycles. The lowest BCUT2D eigenvalue weighted by atomic mass is 10.1. The molecule has 1 aliphatic heterocycles. The van der Waals surface area contributed by atoms with E-state index in [1.807, 2.05) is 0 Å². The number of benzene rings is 1. The van der Waals surface area contributed by atoms with Crippen molar-refractivity contribution in [3.63, 3.8) is 0 Å². The first-order valence-corrected chi connectivity index (χ1v) is 8.01. The van der Waals surface area contributed by atoms with Gasteiger partial charge in [0.15, 0.2) is 5.69 Å². The zero-order chi connectivity index (χ0) is 17.9. The van der Waals surface area contributed by atoms with Crippen molar-refractivity contribution in [1.82, 2.24) is 20.3 Å². The average molecular weight is 390 g/mol. The van der Waals surface area contributed by atoms with Crippen LogP contribution in [0, 0.1) is 0 Å². The number of anilines is 1. The second-order valence-corrected chi connectivity index (χ2v) is 5.97. The number of para-hydroxylation sites is 1. The van der Waals surface area contributed by atoms with Gasteiger partial charge in [0.05, 0.1) is 18.7 Å². The van der Waals surface area contributed by atoms with Crippen molar-refractivity contribution in [2.45, 2.75) is 31.5 Å². The molecular formula is C16H19ClF3N5O. The van der Waals surface area contributed by atoms with E-state index in [1.54, 1.807) is 10.7 Å². The molecule has 0 spiro atoms. The van der Waals surface area contributed by atoms with Crippen LogP contribution in [-0.2, 0) is 6.42 Å². The third-order valence-corrected chi connectivity index (χ3v) is 4.08. The number of amides is 1. The van der Waals surface area contributed by atoms with Crippen molar-refractivity contribution in [2.75, 3.05) is 18.4 Å². The van der Waals surface area contributed by atoms with E-state index < -0.39 is 18.5 Å². The predicted molar refractivity (Wildman–Crippen MR) is 92.6 cm³/mol. The van der Waals surface area contributed by atoms with E-state index in [2.05, 4.69) is 20.9 Å². The van der Waals surface area contributed by atoms with E-state index in [9.17, 15) is 18.0 Å². The summed E-state index contributed by atoms with van der Waals surface area (Å²) in [6.45, 7) is 1.74. The number of rotatable bonds is 4. The summed E-state index contributed by atoms with van der Waals surface area (Å²) >= 11 is 0. The molecule has 2 N–H and O–H groups in total. The summed E-state index contributed by atoms with van der Waals surface area (Å²) in [7, 11) is 0. The minimum absolute atomic E-state index is 0. The van der Waals surface area contributed by atoms with Crippen LogP contribution < -0.4 is 10.6 Å². The fraction of sp³-hybridized carbons (Fsp3) is 0.438. The molecule has 142 valence electrons. The molecule has 1 aromatic carbocycles. The number of halogens is 4. The first-order valence-electron chi connectivity index (χ1n) is 8.01. The zero-order valence-corrected chi connectivity index (χ0v) is 14.6. The van der Waals surface area contributed by atoms with Crippen LogP contribution in [0.2, 0.25) is 0 Å². The Morgan fingerprint density at radius 3 is 2.65 bits per heavy atom. The highest BCUT2D eigenvalue weighted by Crippen LogP contribution is 2.26. The fourth-order valence-electron chi connectivity index (χ4n) is 2.83. The monoisotopic (exact) mass is 389 g/mol. The van der Waals surface area contributed by atoms with E-state index in [-0.39, 0.29) is 35.4 Å². The van der Waals surface area contributed by atoms with E-state index in [4.69, 9.17) is 0 Å². The Hall–Kier alpha value is -2.13. The lowest BCUT2D eigenvalue weighted by Gasteiger charge is -2.22. The number of aromatic nitrogens is 3. The van der Waals surface area contributed by atoms with Gasteiger partial charge in [-0.25, -0.2) is 4.68 Å². The Morgan fingerprint density at radius 2 is 1.96 bits per heavy atom. The highest BCUT2D eigenvalue weighted by atomic mass is 35.5. The van der Waals surface area contributed by atoms with E-state index >= 15 is 0 Å². The van der Waals surface area contributed by atoms with E-state index in [0.717, 1.165) is 25.9 Å². The summed E-state index contributed by atoms with van der Waals surface area (Å²) in [6, 6.07) is 6.03. The maximum Gasteiger partial charge on any atom is 0.393 e. The van der Waals surface area contributed by atoms with Gasteiger partial charge in [0.1, 0.15) is 0 Å². The Bertz CT molecular complexity index is 743. The standard InChI is InChI=1S/C16H18F3N5O.ClH/c17-16(18,19)9-11-3-1-2-4-13(11)21-15(25)14-10-24(23-22-14)12-5-7-20-8-6-12;/h1-4,10,12,20H,5-9H2,(H,21,25);1H. The van der Waals surface area contributed by atoms with Gasteiger partial charge < -0.3 is 10.6 Å². The zero-order valence-electron chi connectivity index (χ0n) is 13.8. The molecule has 0 saturated carbocycles. The molecule has 0 atom stereocenters. The van der Waals surface area contributed by atoms with Crippen LogP contribution >= 0.6 is 12.4 Å². The van der Waals surface area contributed by atoms with E-state index in [0.29, 0.717) is 0 Å². The highest BCUT2D eigenvalue weighted by Gasteiger charge is 2.29. The van der Waals surface area contributed by atoms with E-state index in [1.165, 1.54) is 24.4 Å². The third-order valence-electron chi connectivity index (χ3n) is 4.08. The summed E-state index contributed by atoms with van der Waals surface area (Å²) < 4.78 is 39.6. The van der Waals surface area contributed by atoms with Gasteiger partial charge in [0.2, 0.25) is 0 Å². The number of piperidine rings is 1. The molecule has 1 fully saturated rings. The quantitative estimate of drug-likeness (QED) is 0.843. The number of nitrogens with one attached hydrogen (secondary N) is 2. The van der Waals surface area contributed by atoms with Crippen LogP contribution in [0.15, 0.2) is 30.5 Å². The van der Waals surface area contributed by atoms with Gasteiger partial charge in [-0.1, -0.05) is 23.4 Å². The number of carbonyl (C=O) groups is 1. The maximum absolute atomic E-state index is 12.6. The molecule has 0 radical (unpaired) electrons. The van der Waals surface area contributed by atoms with Crippen molar-refractivity contribution in [2.24, 2.45) is 0 Å². The molecule has 10 heteroatoms. The molecular weight excluding hydrogens is 371 g/mol. The molecule has 6 nitrogen and oxygen atoms in total. The van der Waals surface area contributed by atoms with Gasteiger partial charge in [-0.05, 0) is 37.6 Å². The van der Waals surface area contributed by atoms with Crippen LogP contribution in [0.25, 0.3) is 0 Å². The van der Waals surface area contributed by atoms with Gasteiger partial charge in [0.25, 0.3) is 5.91 Å². The topological polar surface area (TPSA) is 71.8 Å². The molecule has 0 unspecified atom stereocenters. The largest absolute Gasteiger partial charge is 0.393 e. The van der Waals surface area contributed by atoms with Crippen LogP contribution in [0.4, 0.5) is 18.9 Å². The number of hydrogen-bond acceptors (Lipinski definition) is 4. The first kappa shape index (κ1) is 20.2. The number of alkyl halides is 3. The summed E-state index contributed by atoms with van der Waals surface area (Å²) in [5, 5.41) is 13.6. The van der Waals surface area contributed by atoms with Crippen molar-refractivity contribution in [3.8, 4) is 0 Å². The minimum atomic E-state index is -4.35. The summed E-state index contributed by atoms with van der Waals surface area (Å²) in [5.41, 5.74) is 0.218. The molecule has 1 amide bonds. The van der Waals surface area contributed by atoms with Gasteiger partial charge in [-0.15, -0.1) is 17.5 Å². The van der Waals surface area contributed by atoms with Gasteiger partial charge in [-0.2, -0.15) is 13.2 Å². The summed E-state index contributed by atoms with van der Waals surface area (Å²) in [5.74, 6) is -0.574. The maximum atomic E-state index is 12.6. The number of carbonyl (C=O) groups excluding carboxylic acids is 1. The first-order chi connectivity index (χ1) is 11.9. The van der Waals surface area contributed by atoms with Crippen molar-refractivity contribution in [1.29, 1.82) is 0 Å². The molecule has 3 rings (SSSR count). The lowest BCUT2D eigenvalue weighted by molar-refractivity contribution is -0.127. The summed E-state index contributed by atoms with van der Waals surface area (Å²) in [4.78, 5) is 12.3. The molecule has 1 aliphatic rings. The summed E-state index contributed by atoms with van der Waals surface area (Å²) in [6.07, 6.45) is -2.14. The number of nitrogens with zero attached hydrogens (tertiary/aromatic N) is 3. The van der Waals surface area contributed by atoms with Crippen LogP contribution in [0.5, 0.6) is 0 Å². The fourth-order valence-corrected chi connectivity index (χ4v) is 2.83. The van der Waals surface area contributed by atoms with Crippen molar-refractivity contribution < 1.29 is 18.0 Å². The van der Waals surface area contributed by atoms with Gasteiger partial charge in [-0.3, -0.25) is 4.79 Å². The van der Waals surface area contributed by atoms with Crippen molar-refractivity contribution >= 4 is 24.0 Å². The Morgan fingerprint density at radius 1 is 1.27 bits per heavy atom. The lowest BCUT2D eigenvalue weighted by Crippen LogP contribution is -2.29. The smallest absolute Gasteiger partial charge is 0.320 e. The second kappa shape index (κ2) is 8.50. The Labute approximate surface area is 154 Å². The third kappa shape index (κ3) is 5.18. The Kier molecular flexibility index (Phi) is 6.60. The Balaban J connectivity index is 0.00000243.